The number of rotatable bonds is 6. The van der Waals surface area contributed by atoms with Gasteiger partial charge in [-0.25, -0.2) is 0 Å². The third-order valence-electron chi connectivity index (χ3n) is 3.12. The lowest BCUT2D eigenvalue weighted by Gasteiger charge is -2.14. The summed E-state index contributed by atoms with van der Waals surface area (Å²) in [5.74, 6) is 1.21. The molecule has 6 heteroatoms. The van der Waals surface area contributed by atoms with Crippen LogP contribution in [0.5, 0.6) is 17.2 Å². The highest BCUT2D eigenvalue weighted by atomic mass is 16.5. The first-order valence-electron chi connectivity index (χ1n) is 6.41. The van der Waals surface area contributed by atoms with Crippen molar-refractivity contribution in [3.05, 3.63) is 35.7 Å². The van der Waals surface area contributed by atoms with E-state index in [4.69, 9.17) is 14.2 Å². The van der Waals surface area contributed by atoms with Gasteiger partial charge in [0.05, 0.1) is 39.0 Å². The van der Waals surface area contributed by atoms with Gasteiger partial charge in [0.2, 0.25) is 5.75 Å². The number of aryl methyl sites for hydroxylation is 1. The maximum Gasteiger partial charge on any atom is 0.204 e. The normalized spacial score (nSPS) is 10.3. The number of Topliss-reactive ketones (excluding diaryl/α,β-unsaturated/α-hetero) is 1. The average Bonchev–Trinajstić information content (AvgIpc) is 2.90. The van der Waals surface area contributed by atoms with Crippen LogP contribution < -0.4 is 14.2 Å². The SMILES string of the molecule is COc1ccc(C(=O)Cc2ccn(C)n2)c(OC)c1OC. The zero-order chi connectivity index (χ0) is 15.4. The molecule has 0 aliphatic heterocycles. The number of carbonyl (C=O) groups is 1. The van der Waals surface area contributed by atoms with Gasteiger partial charge in [-0.05, 0) is 18.2 Å². The molecular weight excluding hydrogens is 272 g/mol. The van der Waals surface area contributed by atoms with Gasteiger partial charge in [0.25, 0.3) is 0 Å². The highest BCUT2D eigenvalue weighted by Gasteiger charge is 2.21. The van der Waals surface area contributed by atoms with Crippen LogP contribution in [0.3, 0.4) is 0 Å². The largest absolute Gasteiger partial charge is 0.493 e. The van der Waals surface area contributed by atoms with Crippen LogP contribution in [-0.4, -0.2) is 36.9 Å². The second-order valence-electron chi connectivity index (χ2n) is 4.46. The van der Waals surface area contributed by atoms with Crippen LogP contribution in [-0.2, 0) is 13.5 Å². The summed E-state index contributed by atoms with van der Waals surface area (Å²) in [5, 5.41) is 4.21. The van der Waals surface area contributed by atoms with Crippen molar-refractivity contribution in [3.8, 4) is 17.2 Å². The molecule has 0 radical (unpaired) electrons. The van der Waals surface area contributed by atoms with Crippen molar-refractivity contribution in [3.63, 3.8) is 0 Å². The Kier molecular flexibility index (Phi) is 4.47. The van der Waals surface area contributed by atoms with Crippen LogP contribution in [0.2, 0.25) is 0 Å². The number of aromatic nitrogens is 2. The first-order valence-corrected chi connectivity index (χ1v) is 6.41. The predicted molar refractivity (Wildman–Crippen MR) is 77.3 cm³/mol. The number of carbonyl (C=O) groups excluding carboxylic acids is 1. The summed E-state index contributed by atoms with van der Waals surface area (Å²) in [5.41, 5.74) is 1.15. The first-order chi connectivity index (χ1) is 10.1. The minimum Gasteiger partial charge on any atom is -0.493 e. The van der Waals surface area contributed by atoms with Gasteiger partial charge >= 0.3 is 0 Å². The van der Waals surface area contributed by atoms with Gasteiger partial charge < -0.3 is 14.2 Å². The van der Waals surface area contributed by atoms with E-state index in [1.54, 1.807) is 23.0 Å². The summed E-state index contributed by atoms with van der Waals surface area (Å²) in [7, 11) is 6.35. The van der Waals surface area contributed by atoms with Gasteiger partial charge in [0.1, 0.15) is 0 Å². The Labute approximate surface area is 123 Å². The monoisotopic (exact) mass is 290 g/mol. The minimum absolute atomic E-state index is 0.0912. The van der Waals surface area contributed by atoms with Crippen molar-refractivity contribution in [1.82, 2.24) is 9.78 Å². The van der Waals surface area contributed by atoms with Gasteiger partial charge in [0, 0.05) is 13.2 Å². The number of benzene rings is 1. The van der Waals surface area contributed by atoms with Gasteiger partial charge in [-0.15, -0.1) is 0 Å². The summed E-state index contributed by atoms with van der Waals surface area (Å²) in [4.78, 5) is 12.4. The smallest absolute Gasteiger partial charge is 0.204 e. The second-order valence-corrected chi connectivity index (χ2v) is 4.46. The molecule has 1 aromatic carbocycles. The maximum atomic E-state index is 12.4. The summed E-state index contributed by atoms with van der Waals surface area (Å²) in [6.45, 7) is 0. The average molecular weight is 290 g/mol. The van der Waals surface area contributed by atoms with E-state index in [-0.39, 0.29) is 12.2 Å². The Hall–Kier alpha value is -2.50. The molecule has 0 unspecified atom stereocenters. The van der Waals surface area contributed by atoms with E-state index in [1.165, 1.54) is 21.3 Å². The molecule has 0 saturated heterocycles. The van der Waals surface area contributed by atoms with E-state index >= 15 is 0 Å². The molecule has 0 aliphatic carbocycles. The summed E-state index contributed by atoms with van der Waals surface area (Å²) in [6.07, 6.45) is 2.00. The fraction of sp³-hybridized carbons (Fsp3) is 0.333. The number of ether oxygens (including phenoxy) is 3. The minimum atomic E-state index is -0.0912. The molecule has 21 heavy (non-hydrogen) atoms. The van der Waals surface area contributed by atoms with Crippen LogP contribution in [0, 0.1) is 0 Å². The molecule has 0 fully saturated rings. The van der Waals surface area contributed by atoms with Crippen molar-refractivity contribution in [2.24, 2.45) is 7.05 Å². The van der Waals surface area contributed by atoms with Crippen molar-refractivity contribution in [2.45, 2.75) is 6.42 Å². The molecule has 0 amide bonds. The Bertz CT molecular complexity index is 649. The van der Waals surface area contributed by atoms with Crippen LogP contribution >= 0.6 is 0 Å². The van der Waals surface area contributed by atoms with E-state index in [2.05, 4.69) is 5.10 Å². The maximum absolute atomic E-state index is 12.4. The third-order valence-corrected chi connectivity index (χ3v) is 3.12. The van der Waals surface area contributed by atoms with Crippen molar-refractivity contribution in [1.29, 1.82) is 0 Å². The summed E-state index contributed by atoms with van der Waals surface area (Å²) >= 11 is 0. The van der Waals surface area contributed by atoms with E-state index in [0.717, 1.165) is 0 Å². The highest BCUT2D eigenvalue weighted by Crippen LogP contribution is 2.40. The lowest BCUT2D eigenvalue weighted by Crippen LogP contribution is -2.08. The fourth-order valence-electron chi connectivity index (χ4n) is 2.14. The number of hydrogen-bond acceptors (Lipinski definition) is 5. The van der Waals surface area contributed by atoms with Crippen LogP contribution in [0.4, 0.5) is 0 Å². The fourth-order valence-corrected chi connectivity index (χ4v) is 2.14. The summed E-state index contributed by atoms with van der Waals surface area (Å²) in [6, 6.07) is 5.17. The number of nitrogens with zero attached hydrogens (tertiary/aromatic N) is 2. The molecular formula is C15H18N2O4. The zero-order valence-electron chi connectivity index (χ0n) is 12.5. The van der Waals surface area contributed by atoms with Gasteiger partial charge in [-0.1, -0.05) is 0 Å². The van der Waals surface area contributed by atoms with E-state index in [0.29, 0.717) is 28.5 Å². The second kappa shape index (κ2) is 6.30. The molecule has 0 spiro atoms. The molecule has 2 rings (SSSR count). The van der Waals surface area contributed by atoms with Crippen molar-refractivity contribution >= 4 is 5.78 Å². The topological polar surface area (TPSA) is 62.6 Å². The zero-order valence-corrected chi connectivity index (χ0v) is 12.5. The highest BCUT2D eigenvalue weighted by molar-refractivity contribution is 6.01. The number of hydrogen-bond donors (Lipinski definition) is 0. The third kappa shape index (κ3) is 2.99. The number of methoxy groups -OCH3 is 3. The molecule has 6 nitrogen and oxygen atoms in total. The van der Waals surface area contributed by atoms with Crippen LogP contribution in [0.15, 0.2) is 24.4 Å². The predicted octanol–water partition coefficient (Wildman–Crippen LogP) is 1.87. The van der Waals surface area contributed by atoms with Crippen LogP contribution in [0.1, 0.15) is 16.1 Å². The number of ketones is 1. The van der Waals surface area contributed by atoms with E-state index < -0.39 is 0 Å². The van der Waals surface area contributed by atoms with E-state index in [9.17, 15) is 4.79 Å². The molecule has 112 valence electrons. The quantitative estimate of drug-likeness (QED) is 0.760. The van der Waals surface area contributed by atoms with Crippen LogP contribution in [0.25, 0.3) is 0 Å². The molecule has 0 saturated carbocycles. The Morgan fingerprint density at radius 2 is 1.81 bits per heavy atom. The van der Waals surface area contributed by atoms with Crippen molar-refractivity contribution < 1.29 is 19.0 Å². The van der Waals surface area contributed by atoms with Gasteiger partial charge in [-0.3, -0.25) is 9.48 Å². The Balaban J connectivity index is 2.36. The van der Waals surface area contributed by atoms with Gasteiger partial charge in [0.15, 0.2) is 17.3 Å². The molecule has 0 bridgehead atoms. The molecule has 1 aromatic heterocycles. The molecule has 0 atom stereocenters. The lowest BCUT2D eigenvalue weighted by atomic mass is 10.0. The summed E-state index contributed by atoms with van der Waals surface area (Å²) < 4.78 is 17.5. The van der Waals surface area contributed by atoms with Gasteiger partial charge in [-0.2, -0.15) is 5.10 Å². The Morgan fingerprint density at radius 3 is 2.33 bits per heavy atom. The molecule has 1 heterocycles. The van der Waals surface area contributed by atoms with Crippen molar-refractivity contribution in [2.75, 3.05) is 21.3 Å². The molecule has 2 aromatic rings. The first kappa shape index (κ1) is 14.9. The molecule has 0 N–H and O–H groups in total. The lowest BCUT2D eigenvalue weighted by molar-refractivity contribution is 0.0988. The standard InChI is InChI=1S/C15H18N2O4/c1-17-8-7-10(16-17)9-12(18)11-5-6-13(19-2)15(21-4)14(11)20-3/h5-8H,9H2,1-4H3. The van der Waals surface area contributed by atoms with E-state index in [1.807, 2.05) is 13.1 Å². The molecule has 0 aliphatic rings. The Morgan fingerprint density at radius 1 is 1.10 bits per heavy atom.